The van der Waals surface area contributed by atoms with Crippen molar-refractivity contribution in [2.45, 2.75) is 69.8 Å². The highest BCUT2D eigenvalue weighted by molar-refractivity contribution is 6.33. The van der Waals surface area contributed by atoms with Gasteiger partial charge < -0.3 is 26.2 Å². The maximum absolute atomic E-state index is 13.8. The Morgan fingerprint density at radius 3 is 2.36 bits per heavy atom. The van der Waals surface area contributed by atoms with Crippen LogP contribution in [-0.4, -0.2) is 85.5 Å². The Morgan fingerprint density at radius 2 is 1.79 bits per heavy atom. The van der Waals surface area contributed by atoms with Crippen LogP contribution in [0.15, 0.2) is 28.7 Å². The molecule has 0 spiro atoms. The van der Waals surface area contributed by atoms with E-state index in [1.165, 1.54) is 11.0 Å². The molecule has 0 radical (unpaired) electrons. The first-order valence-electron chi connectivity index (χ1n) is 13.1. The molecular formula is C28H34ClN3O7. The van der Waals surface area contributed by atoms with E-state index in [4.69, 9.17) is 17.3 Å². The van der Waals surface area contributed by atoms with Gasteiger partial charge in [-0.05, 0) is 76.7 Å². The molecule has 0 saturated carbocycles. The largest absolute Gasteiger partial charge is 0.510 e. The molecule has 39 heavy (non-hydrogen) atoms. The number of likely N-dealkylation sites (tertiary alicyclic amines) is 1. The van der Waals surface area contributed by atoms with Gasteiger partial charge in [0.2, 0.25) is 5.78 Å². The third kappa shape index (κ3) is 3.83. The first kappa shape index (κ1) is 27.6. The number of Topliss-reactive ketones (excluding diaryl/α,β-unsaturated/α-hetero) is 2. The molecule has 4 aliphatic rings. The highest BCUT2D eigenvalue weighted by atomic mass is 35.5. The summed E-state index contributed by atoms with van der Waals surface area (Å²) in [6.45, 7) is 4.79. The third-order valence-electron chi connectivity index (χ3n) is 9.22. The fourth-order valence-corrected chi connectivity index (χ4v) is 7.51. The second-order valence-corrected chi connectivity index (χ2v) is 12.0. The molecule has 10 nitrogen and oxygen atoms in total. The number of rotatable bonds is 4. The lowest BCUT2D eigenvalue weighted by atomic mass is 9.58. The minimum absolute atomic E-state index is 0.0211. The molecule has 6 N–H and O–H groups in total. The number of nitrogens with two attached hydrogens (primary N) is 1. The monoisotopic (exact) mass is 559 g/mol. The fraction of sp³-hybridized carbons (Fsp3) is 0.536. The van der Waals surface area contributed by atoms with Crippen LogP contribution in [0.4, 0.5) is 0 Å². The maximum atomic E-state index is 13.8. The van der Waals surface area contributed by atoms with Gasteiger partial charge in [-0.15, -0.1) is 0 Å². The number of aromatic hydroxyl groups is 1. The van der Waals surface area contributed by atoms with Crippen molar-refractivity contribution in [3.8, 4) is 5.75 Å². The van der Waals surface area contributed by atoms with Gasteiger partial charge in [0.1, 0.15) is 22.8 Å². The van der Waals surface area contributed by atoms with E-state index in [9.17, 15) is 34.8 Å². The fourth-order valence-electron chi connectivity index (χ4n) is 7.23. The summed E-state index contributed by atoms with van der Waals surface area (Å²) in [5, 5.41) is 45.3. The van der Waals surface area contributed by atoms with E-state index in [0.717, 1.165) is 12.8 Å². The number of fused-ring (bicyclic) bond motifs is 3. The molecule has 0 unspecified atom stereocenters. The molecule has 5 rings (SSSR count). The number of halogens is 1. The smallest absolute Gasteiger partial charge is 0.255 e. The van der Waals surface area contributed by atoms with Gasteiger partial charge in [0.05, 0.1) is 11.6 Å². The molecule has 0 bridgehead atoms. The number of phenols is 1. The summed E-state index contributed by atoms with van der Waals surface area (Å²) in [5.41, 5.74) is 2.74. The lowest BCUT2D eigenvalue weighted by molar-refractivity contribution is -0.148. The lowest BCUT2D eigenvalue weighted by Gasteiger charge is -2.50. The number of hydrogen-bond donors (Lipinski definition) is 5. The number of benzene rings is 1. The van der Waals surface area contributed by atoms with Crippen molar-refractivity contribution in [3.63, 3.8) is 0 Å². The summed E-state index contributed by atoms with van der Waals surface area (Å²) < 4.78 is 0. The quantitative estimate of drug-likeness (QED) is 0.347. The first-order valence-corrected chi connectivity index (χ1v) is 13.5. The molecule has 1 aliphatic heterocycles. The summed E-state index contributed by atoms with van der Waals surface area (Å²) in [4.78, 5) is 43.1. The van der Waals surface area contributed by atoms with E-state index in [1.54, 1.807) is 14.1 Å². The number of amides is 1. The summed E-state index contributed by atoms with van der Waals surface area (Å²) in [5.74, 6) is -6.77. The molecule has 3 aliphatic carbocycles. The third-order valence-corrected chi connectivity index (χ3v) is 9.69. The molecule has 1 amide bonds. The number of nitrogens with zero attached hydrogens (tertiary/aromatic N) is 2. The van der Waals surface area contributed by atoms with Crippen molar-refractivity contribution >= 4 is 29.1 Å². The Morgan fingerprint density at radius 1 is 1.18 bits per heavy atom. The SMILES string of the molecule is C[C@@H]1CC[C@@H](C)N1Cc1cc(O)c2c(c1Cl)C[C@H]1C[C@H]3[C@H](N(C)C)C(O)=C(C(N)=O)C(=O)[C@@]3(O)C(O)=C1C2=O. The van der Waals surface area contributed by atoms with Crippen LogP contribution in [-0.2, 0) is 22.6 Å². The predicted molar refractivity (Wildman–Crippen MR) is 142 cm³/mol. The number of primary amides is 1. The Bertz CT molecular complexity index is 1360. The Kier molecular flexibility index (Phi) is 6.61. The summed E-state index contributed by atoms with van der Waals surface area (Å²) in [7, 11) is 3.18. The Balaban J connectivity index is 1.63. The van der Waals surface area contributed by atoms with Gasteiger partial charge in [0.15, 0.2) is 11.4 Å². The van der Waals surface area contributed by atoms with Crippen LogP contribution in [0.5, 0.6) is 5.75 Å². The number of ketones is 2. The highest BCUT2D eigenvalue weighted by Gasteiger charge is 2.63. The highest BCUT2D eigenvalue weighted by Crippen LogP contribution is 2.53. The minimum atomic E-state index is -2.66. The van der Waals surface area contributed by atoms with Crippen LogP contribution >= 0.6 is 11.6 Å². The van der Waals surface area contributed by atoms with Crippen LogP contribution in [0.2, 0.25) is 5.02 Å². The normalized spacial score (nSPS) is 32.9. The second kappa shape index (κ2) is 9.33. The van der Waals surface area contributed by atoms with Crippen molar-refractivity contribution in [2.75, 3.05) is 14.1 Å². The van der Waals surface area contributed by atoms with Crippen LogP contribution in [0.25, 0.3) is 0 Å². The van der Waals surface area contributed by atoms with Crippen LogP contribution < -0.4 is 5.73 Å². The molecule has 1 fully saturated rings. The van der Waals surface area contributed by atoms with Gasteiger partial charge in [-0.25, -0.2) is 0 Å². The number of aliphatic hydroxyl groups is 3. The number of likely N-dealkylation sites (N-methyl/N-ethyl adjacent to an activating group) is 1. The van der Waals surface area contributed by atoms with E-state index >= 15 is 0 Å². The number of allylic oxidation sites excluding steroid dienone is 1. The standard InChI is InChI=1S/C28H34ClN3O7/c1-11-5-6-12(2)32(11)10-14-9-17(33)19-15(21(14)29)7-13-8-16-22(31(3)4)24(35)20(27(30)38)26(37)28(16,39)25(36)18(13)23(19)34/h9,11-13,16,22,33,35-36,39H,5-8,10H2,1-4H3,(H2,30,38)/t11-,12-,13+,16+,22+,28+/m1/s1. The number of aliphatic hydroxyl groups excluding tert-OH is 2. The van der Waals surface area contributed by atoms with Crippen LogP contribution in [0.1, 0.15) is 54.6 Å². The first-order chi connectivity index (χ1) is 18.2. The van der Waals surface area contributed by atoms with E-state index in [2.05, 4.69) is 18.7 Å². The summed E-state index contributed by atoms with van der Waals surface area (Å²) in [6, 6.07) is 1.12. The molecule has 210 valence electrons. The van der Waals surface area contributed by atoms with Gasteiger partial charge in [0, 0.05) is 35.1 Å². The van der Waals surface area contributed by atoms with Crippen LogP contribution in [0, 0.1) is 11.8 Å². The Labute approximate surface area is 231 Å². The maximum Gasteiger partial charge on any atom is 0.255 e. The van der Waals surface area contributed by atoms with Gasteiger partial charge in [-0.3, -0.25) is 24.2 Å². The molecular weight excluding hydrogens is 526 g/mol. The lowest BCUT2D eigenvalue weighted by Crippen LogP contribution is -2.63. The van der Waals surface area contributed by atoms with E-state index in [1.807, 2.05) is 0 Å². The molecule has 0 aromatic heterocycles. The number of carbonyl (C=O) groups excluding carboxylic acids is 3. The molecule has 1 aromatic carbocycles. The zero-order chi connectivity index (χ0) is 28.7. The molecule has 11 heteroatoms. The van der Waals surface area contributed by atoms with Gasteiger partial charge in [-0.2, -0.15) is 0 Å². The number of phenolic OH excluding ortho intramolecular Hbond substituents is 1. The zero-order valence-corrected chi connectivity index (χ0v) is 23.1. The van der Waals surface area contributed by atoms with Crippen molar-refractivity contribution in [2.24, 2.45) is 17.6 Å². The second-order valence-electron chi connectivity index (χ2n) is 11.6. The summed E-state index contributed by atoms with van der Waals surface area (Å²) >= 11 is 6.87. The van der Waals surface area contributed by atoms with Gasteiger partial charge in [0.25, 0.3) is 5.91 Å². The van der Waals surface area contributed by atoms with E-state index < -0.39 is 58.0 Å². The zero-order valence-electron chi connectivity index (χ0n) is 22.4. The average Bonchev–Trinajstić information content (AvgIpc) is 3.16. The Hall–Kier alpha value is -2.92. The topological polar surface area (TPSA) is 165 Å². The van der Waals surface area contributed by atoms with Crippen molar-refractivity contribution < 1.29 is 34.8 Å². The van der Waals surface area contributed by atoms with E-state index in [0.29, 0.717) is 34.8 Å². The molecule has 6 atom stereocenters. The molecule has 1 heterocycles. The number of hydrogen-bond acceptors (Lipinski definition) is 9. The van der Waals surface area contributed by atoms with Gasteiger partial charge >= 0.3 is 0 Å². The minimum Gasteiger partial charge on any atom is -0.510 e. The van der Waals surface area contributed by atoms with E-state index in [-0.39, 0.29) is 29.7 Å². The molecule has 1 saturated heterocycles. The molecule has 1 aromatic rings. The van der Waals surface area contributed by atoms with Crippen LogP contribution in [0.3, 0.4) is 0 Å². The van der Waals surface area contributed by atoms with Gasteiger partial charge in [-0.1, -0.05) is 11.6 Å². The van der Waals surface area contributed by atoms with Crippen molar-refractivity contribution in [3.05, 3.63) is 50.4 Å². The predicted octanol–water partition coefficient (Wildman–Crippen LogP) is 2.15. The van der Waals surface area contributed by atoms with Crippen molar-refractivity contribution in [1.82, 2.24) is 9.80 Å². The average molecular weight is 560 g/mol. The summed E-state index contributed by atoms with van der Waals surface area (Å²) in [6.07, 6.45) is 2.30. The van der Waals surface area contributed by atoms with Crippen molar-refractivity contribution in [1.29, 1.82) is 0 Å². The number of carbonyl (C=O) groups is 3.